The number of hydrogen-bond donors (Lipinski definition) is 2. The zero-order valence-electron chi connectivity index (χ0n) is 8.22. The van der Waals surface area contributed by atoms with E-state index >= 15 is 0 Å². The highest BCUT2D eigenvalue weighted by molar-refractivity contribution is 5.90. The maximum Gasteiger partial charge on any atom is 0.0824 e. The van der Waals surface area contributed by atoms with Crippen LogP contribution in [0.4, 0.5) is 0 Å². The average Bonchev–Trinajstić information content (AvgIpc) is 2.25. The van der Waals surface area contributed by atoms with Crippen LogP contribution in [0.2, 0.25) is 0 Å². The smallest absolute Gasteiger partial charge is 0.0824 e. The minimum Gasteiger partial charge on any atom is -0.388 e. The van der Waals surface area contributed by atoms with Crippen LogP contribution in [0.3, 0.4) is 0 Å². The van der Waals surface area contributed by atoms with E-state index < -0.39 is 12.2 Å². The highest BCUT2D eigenvalue weighted by Gasteiger charge is 2.25. The Bertz CT molecular complexity index is 476. The number of aliphatic hydroxyl groups excluding tert-OH is 2. The molecule has 0 amide bonds. The standard InChI is InChI=1S/C13H12O2/c14-11-7-12(15)10-6-2-4-8-3-1-5-9(11)13(8)10/h1-6,11-12,14-15H,7H2. The van der Waals surface area contributed by atoms with Gasteiger partial charge in [-0.05, 0) is 21.9 Å². The summed E-state index contributed by atoms with van der Waals surface area (Å²) in [6, 6.07) is 11.8. The predicted octanol–water partition coefficient (Wildman–Crippen LogP) is 2.31. The Morgan fingerprint density at radius 1 is 0.867 bits per heavy atom. The number of hydrogen-bond acceptors (Lipinski definition) is 2. The Morgan fingerprint density at radius 3 is 1.93 bits per heavy atom. The molecule has 0 aliphatic heterocycles. The summed E-state index contributed by atoms with van der Waals surface area (Å²) in [6.07, 6.45) is -0.687. The van der Waals surface area contributed by atoms with Gasteiger partial charge in [0.05, 0.1) is 12.2 Å². The monoisotopic (exact) mass is 200 g/mol. The normalized spacial score (nSPS) is 24.4. The molecule has 0 fully saturated rings. The summed E-state index contributed by atoms with van der Waals surface area (Å²) in [4.78, 5) is 0. The van der Waals surface area contributed by atoms with Crippen LogP contribution in [0.1, 0.15) is 29.8 Å². The molecule has 2 aromatic rings. The zero-order chi connectivity index (χ0) is 10.4. The Balaban J connectivity index is 2.45. The van der Waals surface area contributed by atoms with Crippen molar-refractivity contribution >= 4 is 10.8 Å². The molecule has 0 spiro atoms. The Labute approximate surface area is 87.8 Å². The summed E-state index contributed by atoms with van der Waals surface area (Å²) in [5.74, 6) is 0. The first kappa shape index (κ1) is 8.89. The molecular formula is C13H12O2. The lowest BCUT2D eigenvalue weighted by Crippen LogP contribution is -2.12. The number of rotatable bonds is 0. The minimum absolute atomic E-state index is 0.399. The summed E-state index contributed by atoms with van der Waals surface area (Å²) < 4.78 is 0. The first-order valence-electron chi connectivity index (χ1n) is 5.15. The molecule has 0 saturated carbocycles. The van der Waals surface area contributed by atoms with Gasteiger partial charge in [-0.15, -0.1) is 0 Å². The molecule has 2 N–H and O–H groups in total. The first-order chi connectivity index (χ1) is 7.27. The van der Waals surface area contributed by atoms with Gasteiger partial charge in [-0.2, -0.15) is 0 Å². The number of benzene rings is 2. The number of aliphatic hydroxyl groups is 2. The van der Waals surface area contributed by atoms with Crippen LogP contribution in [0.15, 0.2) is 36.4 Å². The van der Waals surface area contributed by atoms with Crippen molar-refractivity contribution in [2.45, 2.75) is 18.6 Å². The summed E-state index contributed by atoms with van der Waals surface area (Å²) in [7, 11) is 0. The van der Waals surface area contributed by atoms with E-state index in [1.165, 1.54) is 0 Å². The highest BCUT2D eigenvalue weighted by atomic mass is 16.3. The molecule has 1 aliphatic rings. The van der Waals surface area contributed by atoms with E-state index in [1.807, 2.05) is 36.4 Å². The van der Waals surface area contributed by atoms with Crippen molar-refractivity contribution in [1.29, 1.82) is 0 Å². The van der Waals surface area contributed by atoms with Gasteiger partial charge in [-0.1, -0.05) is 36.4 Å². The van der Waals surface area contributed by atoms with Crippen molar-refractivity contribution in [3.8, 4) is 0 Å². The molecule has 1 aliphatic carbocycles. The molecule has 0 aromatic heterocycles. The van der Waals surface area contributed by atoms with Gasteiger partial charge >= 0.3 is 0 Å². The van der Waals surface area contributed by atoms with Crippen molar-refractivity contribution in [1.82, 2.24) is 0 Å². The first-order valence-corrected chi connectivity index (χ1v) is 5.15. The second-order valence-electron chi connectivity index (χ2n) is 4.06. The van der Waals surface area contributed by atoms with Crippen LogP contribution in [-0.2, 0) is 0 Å². The molecule has 2 aromatic carbocycles. The molecular weight excluding hydrogens is 188 g/mol. The Kier molecular flexibility index (Phi) is 1.81. The van der Waals surface area contributed by atoms with Gasteiger partial charge in [-0.3, -0.25) is 0 Å². The predicted molar refractivity (Wildman–Crippen MR) is 58.5 cm³/mol. The molecule has 2 heteroatoms. The van der Waals surface area contributed by atoms with E-state index in [2.05, 4.69) is 0 Å². The molecule has 0 heterocycles. The van der Waals surface area contributed by atoms with Crippen LogP contribution in [0, 0.1) is 0 Å². The quantitative estimate of drug-likeness (QED) is 0.685. The third-order valence-electron chi connectivity index (χ3n) is 3.13. The molecule has 2 unspecified atom stereocenters. The molecule has 2 nitrogen and oxygen atoms in total. The SMILES string of the molecule is OC1CC(O)c2cccc3cccc1c23. The molecule has 76 valence electrons. The molecule has 2 atom stereocenters. The highest BCUT2D eigenvalue weighted by Crippen LogP contribution is 2.40. The maximum atomic E-state index is 9.88. The molecule has 0 saturated heterocycles. The summed E-state index contributed by atoms with van der Waals surface area (Å²) in [5.41, 5.74) is 1.88. The van der Waals surface area contributed by atoms with Crippen LogP contribution in [-0.4, -0.2) is 10.2 Å². The van der Waals surface area contributed by atoms with Crippen LogP contribution >= 0.6 is 0 Å². The topological polar surface area (TPSA) is 40.5 Å². The zero-order valence-corrected chi connectivity index (χ0v) is 8.22. The van der Waals surface area contributed by atoms with E-state index in [-0.39, 0.29) is 0 Å². The Hall–Kier alpha value is -1.38. The van der Waals surface area contributed by atoms with Gasteiger partial charge in [0.25, 0.3) is 0 Å². The Morgan fingerprint density at radius 2 is 1.40 bits per heavy atom. The van der Waals surface area contributed by atoms with Crippen molar-refractivity contribution in [3.05, 3.63) is 47.5 Å². The van der Waals surface area contributed by atoms with E-state index in [1.54, 1.807) is 0 Å². The van der Waals surface area contributed by atoms with Gasteiger partial charge < -0.3 is 10.2 Å². The third kappa shape index (κ3) is 1.19. The maximum absolute atomic E-state index is 9.88. The van der Waals surface area contributed by atoms with Crippen LogP contribution in [0.5, 0.6) is 0 Å². The van der Waals surface area contributed by atoms with Crippen molar-refractivity contribution in [2.24, 2.45) is 0 Å². The fraction of sp³-hybridized carbons (Fsp3) is 0.231. The van der Waals surface area contributed by atoms with Crippen molar-refractivity contribution in [3.63, 3.8) is 0 Å². The van der Waals surface area contributed by atoms with Gasteiger partial charge in [0.15, 0.2) is 0 Å². The van der Waals surface area contributed by atoms with E-state index in [9.17, 15) is 10.2 Å². The van der Waals surface area contributed by atoms with Gasteiger partial charge in [0.2, 0.25) is 0 Å². The lowest BCUT2D eigenvalue weighted by molar-refractivity contribution is 0.0766. The molecule has 3 rings (SSSR count). The van der Waals surface area contributed by atoms with Gasteiger partial charge in [0.1, 0.15) is 0 Å². The third-order valence-corrected chi connectivity index (χ3v) is 3.13. The lowest BCUT2D eigenvalue weighted by Gasteiger charge is -2.25. The second-order valence-corrected chi connectivity index (χ2v) is 4.06. The fourth-order valence-electron chi connectivity index (χ4n) is 2.42. The molecule has 15 heavy (non-hydrogen) atoms. The van der Waals surface area contributed by atoms with E-state index in [4.69, 9.17) is 0 Å². The van der Waals surface area contributed by atoms with Gasteiger partial charge in [-0.25, -0.2) is 0 Å². The summed E-state index contributed by atoms with van der Waals surface area (Å²) >= 11 is 0. The largest absolute Gasteiger partial charge is 0.388 e. The minimum atomic E-state index is -0.543. The van der Waals surface area contributed by atoms with Crippen LogP contribution in [0.25, 0.3) is 10.8 Å². The van der Waals surface area contributed by atoms with E-state index in [0.717, 1.165) is 21.9 Å². The summed E-state index contributed by atoms with van der Waals surface area (Å²) in [5, 5.41) is 21.9. The summed E-state index contributed by atoms with van der Waals surface area (Å²) in [6.45, 7) is 0. The molecule has 0 radical (unpaired) electrons. The van der Waals surface area contributed by atoms with Crippen molar-refractivity contribution < 1.29 is 10.2 Å². The van der Waals surface area contributed by atoms with Crippen molar-refractivity contribution in [2.75, 3.05) is 0 Å². The lowest BCUT2D eigenvalue weighted by atomic mass is 9.85. The molecule has 0 bridgehead atoms. The fourth-order valence-corrected chi connectivity index (χ4v) is 2.42. The van der Waals surface area contributed by atoms with E-state index in [0.29, 0.717) is 6.42 Å². The average molecular weight is 200 g/mol. The van der Waals surface area contributed by atoms with Gasteiger partial charge in [0, 0.05) is 6.42 Å². The van der Waals surface area contributed by atoms with Crippen LogP contribution < -0.4 is 0 Å². The second kappa shape index (κ2) is 3.05.